The SMILES string of the molecule is CCOC(=O)c1cccc(OS(C)(=O)=O)c1C. The minimum atomic E-state index is -3.61. The minimum Gasteiger partial charge on any atom is -0.462 e. The van der Waals surface area contributed by atoms with Gasteiger partial charge in [-0.2, -0.15) is 8.42 Å². The van der Waals surface area contributed by atoms with Crippen LogP contribution in [0.3, 0.4) is 0 Å². The smallest absolute Gasteiger partial charge is 0.338 e. The lowest BCUT2D eigenvalue weighted by molar-refractivity contribution is 0.0525. The number of hydrogen-bond donors (Lipinski definition) is 0. The Balaban J connectivity index is 3.12. The van der Waals surface area contributed by atoms with Crippen LogP contribution in [0.5, 0.6) is 5.75 Å². The molecule has 6 heteroatoms. The lowest BCUT2D eigenvalue weighted by Gasteiger charge is -2.10. The molecule has 17 heavy (non-hydrogen) atoms. The predicted molar refractivity (Wildman–Crippen MR) is 62.6 cm³/mol. The summed E-state index contributed by atoms with van der Waals surface area (Å²) >= 11 is 0. The molecule has 0 radical (unpaired) electrons. The Morgan fingerprint density at radius 3 is 2.53 bits per heavy atom. The zero-order chi connectivity index (χ0) is 13.1. The Bertz CT molecular complexity index is 519. The fourth-order valence-corrected chi connectivity index (χ4v) is 1.80. The van der Waals surface area contributed by atoms with E-state index in [1.165, 1.54) is 6.07 Å². The van der Waals surface area contributed by atoms with Crippen LogP contribution in [-0.4, -0.2) is 27.2 Å². The van der Waals surface area contributed by atoms with Crippen LogP contribution < -0.4 is 4.18 Å². The van der Waals surface area contributed by atoms with Crippen LogP contribution in [0.25, 0.3) is 0 Å². The normalized spacial score (nSPS) is 11.0. The van der Waals surface area contributed by atoms with Gasteiger partial charge in [-0.05, 0) is 26.0 Å². The van der Waals surface area contributed by atoms with Crippen LogP contribution in [0.4, 0.5) is 0 Å². The number of rotatable bonds is 4. The second-order valence-electron chi connectivity index (χ2n) is 3.44. The zero-order valence-corrected chi connectivity index (χ0v) is 10.7. The van der Waals surface area contributed by atoms with Crippen molar-refractivity contribution in [1.82, 2.24) is 0 Å². The highest BCUT2D eigenvalue weighted by Gasteiger charge is 2.15. The van der Waals surface area contributed by atoms with E-state index in [0.717, 1.165) is 6.26 Å². The van der Waals surface area contributed by atoms with Crippen molar-refractivity contribution in [3.05, 3.63) is 29.3 Å². The van der Waals surface area contributed by atoms with Gasteiger partial charge in [-0.1, -0.05) is 6.07 Å². The monoisotopic (exact) mass is 258 g/mol. The summed E-state index contributed by atoms with van der Waals surface area (Å²) in [5.74, 6) is -0.359. The van der Waals surface area contributed by atoms with Gasteiger partial charge in [0.05, 0.1) is 18.4 Å². The van der Waals surface area contributed by atoms with Crippen LogP contribution in [0.1, 0.15) is 22.8 Å². The molecule has 0 unspecified atom stereocenters. The maximum absolute atomic E-state index is 11.6. The van der Waals surface area contributed by atoms with Crippen molar-refractivity contribution < 1.29 is 22.1 Å². The molecule has 0 saturated heterocycles. The first-order valence-corrected chi connectivity index (χ1v) is 6.83. The number of hydrogen-bond acceptors (Lipinski definition) is 5. The maximum Gasteiger partial charge on any atom is 0.338 e. The summed E-state index contributed by atoms with van der Waals surface area (Å²) < 4.78 is 31.7. The van der Waals surface area contributed by atoms with E-state index in [4.69, 9.17) is 8.92 Å². The third-order valence-electron chi connectivity index (χ3n) is 2.02. The Kier molecular flexibility index (Phi) is 4.11. The number of esters is 1. The van der Waals surface area contributed by atoms with E-state index >= 15 is 0 Å². The quantitative estimate of drug-likeness (QED) is 0.604. The van der Waals surface area contributed by atoms with Crippen molar-refractivity contribution >= 4 is 16.1 Å². The van der Waals surface area contributed by atoms with E-state index in [1.807, 2.05) is 0 Å². The maximum atomic E-state index is 11.6. The highest BCUT2D eigenvalue weighted by atomic mass is 32.2. The second-order valence-corrected chi connectivity index (χ2v) is 5.01. The first-order valence-electron chi connectivity index (χ1n) is 5.01. The van der Waals surface area contributed by atoms with Gasteiger partial charge in [0.2, 0.25) is 0 Å². The van der Waals surface area contributed by atoms with E-state index < -0.39 is 16.1 Å². The predicted octanol–water partition coefficient (Wildman–Crippen LogP) is 1.51. The third kappa shape index (κ3) is 3.74. The standard InChI is InChI=1S/C11H14O5S/c1-4-15-11(12)9-6-5-7-10(8(9)2)16-17(3,13)14/h5-7H,4H2,1-3H3. The Labute approximate surface area is 100 Å². The third-order valence-corrected chi connectivity index (χ3v) is 2.50. The van der Waals surface area contributed by atoms with E-state index in [1.54, 1.807) is 26.0 Å². The molecule has 0 bridgehead atoms. The van der Waals surface area contributed by atoms with E-state index in [0.29, 0.717) is 11.1 Å². The summed E-state index contributed by atoms with van der Waals surface area (Å²) in [5, 5.41) is 0. The molecule has 0 amide bonds. The highest BCUT2D eigenvalue weighted by Crippen LogP contribution is 2.23. The molecule has 0 saturated carbocycles. The highest BCUT2D eigenvalue weighted by molar-refractivity contribution is 7.86. The topological polar surface area (TPSA) is 69.7 Å². The van der Waals surface area contributed by atoms with Crippen molar-refractivity contribution in [3.8, 4) is 5.75 Å². The summed E-state index contributed by atoms with van der Waals surface area (Å²) in [4.78, 5) is 11.6. The molecule has 1 aromatic carbocycles. The molecular weight excluding hydrogens is 244 g/mol. The first-order chi connectivity index (χ1) is 7.85. The number of ether oxygens (including phenoxy) is 1. The van der Waals surface area contributed by atoms with Crippen LogP contribution in [0.15, 0.2) is 18.2 Å². The fourth-order valence-electron chi connectivity index (χ4n) is 1.30. The first kappa shape index (κ1) is 13.5. The Hall–Kier alpha value is -1.56. The summed E-state index contributed by atoms with van der Waals surface area (Å²) in [6, 6.07) is 4.58. The zero-order valence-electron chi connectivity index (χ0n) is 9.89. The Morgan fingerprint density at radius 1 is 1.35 bits per heavy atom. The molecule has 0 heterocycles. The van der Waals surface area contributed by atoms with Gasteiger partial charge in [0.25, 0.3) is 0 Å². The molecule has 0 spiro atoms. The molecular formula is C11H14O5S. The summed E-state index contributed by atoms with van der Waals surface area (Å²) in [5.41, 5.74) is 0.740. The molecule has 0 fully saturated rings. The van der Waals surface area contributed by atoms with Gasteiger partial charge in [0.1, 0.15) is 5.75 Å². The number of carbonyl (C=O) groups excluding carboxylic acids is 1. The van der Waals surface area contributed by atoms with Gasteiger partial charge < -0.3 is 8.92 Å². The van der Waals surface area contributed by atoms with Crippen molar-refractivity contribution in [1.29, 1.82) is 0 Å². The molecule has 0 N–H and O–H groups in total. The van der Waals surface area contributed by atoms with Gasteiger partial charge in [-0.15, -0.1) is 0 Å². The molecule has 0 aliphatic carbocycles. The largest absolute Gasteiger partial charge is 0.462 e. The molecule has 1 rings (SSSR count). The van der Waals surface area contributed by atoms with Crippen molar-refractivity contribution in [3.63, 3.8) is 0 Å². The fraction of sp³-hybridized carbons (Fsp3) is 0.364. The van der Waals surface area contributed by atoms with Crippen molar-refractivity contribution in [2.24, 2.45) is 0 Å². The molecule has 0 atom stereocenters. The second kappa shape index (κ2) is 5.18. The van der Waals surface area contributed by atoms with Crippen molar-refractivity contribution in [2.45, 2.75) is 13.8 Å². The van der Waals surface area contributed by atoms with Crippen LogP contribution in [-0.2, 0) is 14.9 Å². The summed E-state index contributed by atoms with van der Waals surface area (Å²) in [7, 11) is -3.61. The molecule has 0 aliphatic heterocycles. The molecule has 0 aliphatic rings. The van der Waals surface area contributed by atoms with Crippen LogP contribution in [0.2, 0.25) is 0 Å². The van der Waals surface area contributed by atoms with E-state index in [9.17, 15) is 13.2 Å². The van der Waals surface area contributed by atoms with E-state index in [2.05, 4.69) is 0 Å². The number of benzene rings is 1. The lowest BCUT2D eigenvalue weighted by atomic mass is 10.1. The molecule has 5 nitrogen and oxygen atoms in total. The van der Waals surface area contributed by atoms with Crippen molar-refractivity contribution in [2.75, 3.05) is 12.9 Å². The summed E-state index contributed by atoms with van der Waals surface area (Å²) in [6.07, 6.45) is 0.948. The van der Waals surface area contributed by atoms with Crippen LogP contribution >= 0.6 is 0 Å². The van der Waals surface area contributed by atoms with Gasteiger partial charge in [0, 0.05) is 5.56 Å². The average molecular weight is 258 g/mol. The number of carbonyl (C=O) groups is 1. The average Bonchev–Trinajstić information content (AvgIpc) is 2.19. The lowest BCUT2D eigenvalue weighted by Crippen LogP contribution is -2.10. The molecule has 1 aromatic rings. The van der Waals surface area contributed by atoms with Gasteiger partial charge >= 0.3 is 16.1 Å². The van der Waals surface area contributed by atoms with Gasteiger partial charge in [0.15, 0.2) is 0 Å². The summed E-state index contributed by atoms with van der Waals surface area (Å²) in [6.45, 7) is 3.56. The van der Waals surface area contributed by atoms with Gasteiger partial charge in [-0.25, -0.2) is 4.79 Å². The minimum absolute atomic E-state index is 0.137. The molecule has 0 aromatic heterocycles. The Morgan fingerprint density at radius 2 is 2.00 bits per heavy atom. The van der Waals surface area contributed by atoms with Crippen LogP contribution in [0, 0.1) is 6.92 Å². The molecule has 94 valence electrons. The van der Waals surface area contributed by atoms with Gasteiger partial charge in [-0.3, -0.25) is 0 Å². The van der Waals surface area contributed by atoms with E-state index in [-0.39, 0.29) is 12.4 Å².